The van der Waals surface area contributed by atoms with Crippen LogP contribution in [0.1, 0.15) is 36.5 Å². The molecule has 23 heavy (non-hydrogen) atoms. The van der Waals surface area contributed by atoms with Gasteiger partial charge in [0.25, 0.3) is 5.91 Å². The third-order valence-electron chi connectivity index (χ3n) is 3.98. The van der Waals surface area contributed by atoms with E-state index in [0.29, 0.717) is 31.1 Å². The molecule has 2 rings (SSSR count). The van der Waals surface area contributed by atoms with Crippen LogP contribution in [0.25, 0.3) is 0 Å². The first kappa shape index (κ1) is 18.4. The number of likely N-dealkylation sites (tertiary alicyclic amines) is 1. The Bertz CT molecular complexity index is 619. The first-order chi connectivity index (χ1) is 10.9. The van der Waals surface area contributed by atoms with Gasteiger partial charge in [-0.05, 0) is 31.2 Å². The fraction of sp³-hybridized carbons (Fsp3) is 0.667. The summed E-state index contributed by atoms with van der Waals surface area (Å²) in [5, 5.41) is 1.63. The topological polar surface area (TPSA) is 75.7 Å². The van der Waals surface area contributed by atoms with Crippen molar-refractivity contribution in [3.63, 3.8) is 0 Å². The molecular weight excluding hydrogens is 336 g/mol. The predicted molar refractivity (Wildman–Crippen MR) is 90.3 cm³/mol. The summed E-state index contributed by atoms with van der Waals surface area (Å²) in [6.45, 7) is 4.50. The zero-order valence-electron chi connectivity index (χ0n) is 13.6. The van der Waals surface area contributed by atoms with Crippen LogP contribution in [0.15, 0.2) is 15.7 Å². The van der Waals surface area contributed by atoms with E-state index in [9.17, 15) is 13.2 Å². The minimum absolute atomic E-state index is 0.0750. The number of rotatable bonds is 7. The van der Waals surface area contributed by atoms with Gasteiger partial charge in [0, 0.05) is 38.7 Å². The van der Waals surface area contributed by atoms with Crippen LogP contribution in [0, 0.1) is 5.92 Å². The summed E-state index contributed by atoms with van der Waals surface area (Å²) in [5.74, 6) is 0.572. The van der Waals surface area contributed by atoms with Crippen LogP contribution < -0.4 is 4.72 Å². The molecule has 1 aliphatic rings. The number of piperidine rings is 1. The maximum absolute atomic E-state index is 12.4. The van der Waals surface area contributed by atoms with E-state index in [1.54, 1.807) is 12.5 Å². The Morgan fingerprint density at radius 2 is 2.13 bits per heavy atom. The Morgan fingerprint density at radius 1 is 1.43 bits per heavy atom. The number of ether oxygens (including phenoxy) is 1. The number of hydrogen-bond donors (Lipinski definition) is 1. The van der Waals surface area contributed by atoms with E-state index in [2.05, 4.69) is 11.6 Å². The molecule has 0 spiro atoms. The predicted octanol–water partition coefficient (Wildman–Crippen LogP) is 1.94. The van der Waals surface area contributed by atoms with Gasteiger partial charge in [0.1, 0.15) is 4.21 Å². The SMILES string of the molecule is COCCCNS(=O)(=O)c1cc(C(=O)N2CCC(C)CC2)cs1. The van der Waals surface area contributed by atoms with E-state index in [1.165, 1.54) is 6.07 Å². The van der Waals surface area contributed by atoms with E-state index in [4.69, 9.17) is 4.74 Å². The van der Waals surface area contributed by atoms with Gasteiger partial charge in [0.05, 0.1) is 5.56 Å². The van der Waals surface area contributed by atoms with Crippen molar-refractivity contribution in [2.45, 2.75) is 30.4 Å². The highest BCUT2D eigenvalue weighted by Crippen LogP contribution is 2.23. The van der Waals surface area contributed by atoms with Crippen LogP contribution in [-0.2, 0) is 14.8 Å². The summed E-state index contributed by atoms with van der Waals surface area (Å²) in [7, 11) is -1.97. The highest BCUT2D eigenvalue weighted by Gasteiger charge is 2.24. The van der Waals surface area contributed by atoms with Gasteiger partial charge in [0.15, 0.2) is 0 Å². The van der Waals surface area contributed by atoms with Crippen molar-refractivity contribution < 1.29 is 17.9 Å². The number of carbonyl (C=O) groups is 1. The number of hydrogen-bond acceptors (Lipinski definition) is 5. The minimum atomic E-state index is -3.55. The van der Waals surface area contributed by atoms with Crippen molar-refractivity contribution in [3.8, 4) is 0 Å². The summed E-state index contributed by atoms with van der Waals surface area (Å²) in [6.07, 6.45) is 2.61. The monoisotopic (exact) mass is 360 g/mol. The first-order valence-electron chi connectivity index (χ1n) is 7.80. The fourth-order valence-electron chi connectivity index (χ4n) is 2.46. The lowest BCUT2D eigenvalue weighted by molar-refractivity contribution is 0.0697. The van der Waals surface area contributed by atoms with E-state index in [0.717, 1.165) is 37.3 Å². The number of nitrogens with zero attached hydrogens (tertiary/aromatic N) is 1. The molecule has 0 unspecified atom stereocenters. The molecule has 0 aromatic carbocycles. The Labute approximate surface area is 141 Å². The lowest BCUT2D eigenvalue weighted by atomic mass is 9.99. The minimum Gasteiger partial charge on any atom is -0.385 e. The molecule has 1 aromatic heterocycles. The number of methoxy groups -OCH3 is 1. The average Bonchev–Trinajstić information content (AvgIpc) is 3.02. The molecule has 0 atom stereocenters. The van der Waals surface area contributed by atoms with E-state index in [1.807, 2.05) is 4.90 Å². The fourth-order valence-corrected chi connectivity index (χ4v) is 4.73. The van der Waals surface area contributed by atoms with Gasteiger partial charge in [0.2, 0.25) is 10.0 Å². The van der Waals surface area contributed by atoms with Crippen molar-refractivity contribution in [3.05, 3.63) is 17.0 Å². The van der Waals surface area contributed by atoms with Crippen LogP contribution in [0.4, 0.5) is 0 Å². The van der Waals surface area contributed by atoms with Crippen molar-refractivity contribution in [2.75, 3.05) is 33.4 Å². The number of carbonyl (C=O) groups excluding carboxylic acids is 1. The second kappa shape index (κ2) is 8.23. The molecule has 1 aliphatic heterocycles. The number of thiophene rings is 1. The molecule has 8 heteroatoms. The standard InChI is InChI=1S/C15H24N2O4S2/c1-12-4-7-17(8-5-12)15(18)13-10-14(22-11-13)23(19,20)16-6-3-9-21-2/h10-12,16H,3-9H2,1-2H3. The normalized spacial score (nSPS) is 16.7. The molecule has 1 amide bonds. The van der Waals surface area contributed by atoms with E-state index in [-0.39, 0.29) is 10.1 Å². The van der Waals surface area contributed by atoms with Crippen molar-refractivity contribution in [1.29, 1.82) is 0 Å². The Kier molecular flexibility index (Phi) is 6.58. The van der Waals surface area contributed by atoms with Gasteiger partial charge >= 0.3 is 0 Å². The van der Waals surface area contributed by atoms with Crippen LogP contribution >= 0.6 is 11.3 Å². The Balaban J connectivity index is 1.98. The van der Waals surface area contributed by atoms with E-state index >= 15 is 0 Å². The van der Waals surface area contributed by atoms with Crippen LogP contribution in [0.5, 0.6) is 0 Å². The molecule has 1 aromatic rings. The highest BCUT2D eigenvalue weighted by atomic mass is 32.2. The molecule has 0 radical (unpaired) electrons. The molecule has 0 bridgehead atoms. The van der Waals surface area contributed by atoms with E-state index < -0.39 is 10.0 Å². The van der Waals surface area contributed by atoms with Gasteiger partial charge in [-0.1, -0.05) is 6.92 Å². The maximum Gasteiger partial charge on any atom is 0.254 e. The summed E-state index contributed by atoms with van der Waals surface area (Å²) in [5.41, 5.74) is 0.460. The molecule has 1 N–H and O–H groups in total. The molecule has 1 fully saturated rings. The van der Waals surface area contributed by atoms with Crippen molar-refractivity contribution in [1.82, 2.24) is 9.62 Å². The van der Waals surface area contributed by atoms with Crippen molar-refractivity contribution in [2.24, 2.45) is 5.92 Å². The molecule has 1 saturated heterocycles. The van der Waals surface area contributed by atoms with Crippen LogP contribution in [0.3, 0.4) is 0 Å². The lowest BCUT2D eigenvalue weighted by Gasteiger charge is -2.30. The molecule has 2 heterocycles. The molecule has 6 nitrogen and oxygen atoms in total. The second-order valence-corrected chi connectivity index (χ2v) is 8.78. The summed E-state index contributed by atoms with van der Waals surface area (Å²) in [4.78, 5) is 14.3. The first-order valence-corrected chi connectivity index (χ1v) is 10.2. The number of amides is 1. The van der Waals surface area contributed by atoms with Gasteiger partial charge < -0.3 is 9.64 Å². The van der Waals surface area contributed by atoms with Crippen molar-refractivity contribution >= 4 is 27.3 Å². The van der Waals surface area contributed by atoms with Crippen LogP contribution in [-0.4, -0.2) is 52.6 Å². The maximum atomic E-state index is 12.4. The Morgan fingerprint density at radius 3 is 2.78 bits per heavy atom. The second-order valence-electron chi connectivity index (χ2n) is 5.87. The number of nitrogens with one attached hydrogen (secondary N) is 1. The third kappa shape index (κ3) is 5.00. The highest BCUT2D eigenvalue weighted by molar-refractivity contribution is 7.91. The molecular formula is C15H24N2O4S2. The third-order valence-corrected chi connectivity index (χ3v) is 6.88. The van der Waals surface area contributed by atoms with Crippen LogP contribution in [0.2, 0.25) is 0 Å². The lowest BCUT2D eigenvalue weighted by Crippen LogP contribution is -2.37. The van der Waals surface area contributed by atoms with Gasteiger partial charge in [-0.15, -0.1) is 11.3 Å². The smallest absolute Gasteiger partial charge is 0.254 e. The molecule has 0 aliphatic carbocycles. The zero-order chi connectivity index (χ0) is 16.9. The average molecular weight is 361 g/mol. The van der Waals surface area contributed by atoms with Gasteiger partial charge in [-0.25, -0.2) is 13.1 Å². The number of sulfonamides is 1. The summed E-state index contributed by atoms with van der Waals surface area (Å²) in [6, 6.07) is 1.48. The summed E-state index contributed by atoms with van der Waals surface area (Å²) < 4.78 is 32.0. The largest absolute Gasteiger partial charge is 0.385 e. The summed E-state index contributed by atoms with van der Waals surface area (Å²) >= 11 is 1.08. The molecule has 0 saturated carbocycles. The van der Waals surface area contributed by atoms with Gasteiger partial charge in [-0.3, -0.25) is 4.79 Å². The van der Waals surface area contributed by atoms with Gasteiger partial charge in [-0.2, -0.15) is 0 Å². The molecule has 130 valence electrons. The Hall–Kier alpha value is -0.960. The zero-order valence-corrected chi connectivity index (χ0v) is 15.2. The quantitative estimate of drug-likeness (QED) is 0.754.